The number of nitrogens with two attached hydrogens (primary N) is 1. The van der Waals surface area contributed by atoms with E-state index >= 15 is 0 Å². The zero-order valence-corrected chi connectivity index (χ0v) is 10.1. The van der Waals surface area contributed by atoms with E-state index in [1.54, 1.807) is 7.11 Å². The summed E-state index contributed by atoms with van der Waals surface area (Å²) in [5.74, 6) is 0.690. The third kappa shape index (κ3) is 3.62. The molecule has 16 heavy (non-hydrogen) atoms. The van der Waals surface area contributed by atoms with Gasteiger partial charge in [-0.25, -0.2) is 0 Å². The second-order valence-electron chi connectivity index (χ2n) is 3.77. The van der Waals surface area contributed by atoms with Gasteiger partial charge in [0.25, 0.3) is 0 Å². The van der Waals surface area contributed by atoms with E-state index < -0.39 is 0 Å². The van der Waals surface area contributed by atoms with Crippen molar-refractivity contribution in [2.75, 3.05) is 31.3 Å². The lowest BCUT2D eigenvalue weighted by Gasteiger charge is -2.13. The normalized spacial score (nSPS) is 10.5. The summed E-state index contributed by atoms with van der Waals surface area (Å²) in [5, 5.41) is 3.21. The summed E-state index contributed by atoms with van der Waals surface area (Å²) in [6, 6.07) is 5.67. The Balaban J connectivity index is 2.47. The van der Waals surface area contributed by atoms with Crippen molar-refractivity contribution in [3.05, 3.63) is 18.2 Å². The van der Waals surface area contributed by atoms with Crippen molar-refractivity contribution in [1.82, 2.24) is 0 Å². The first-order chi connectivity index (χ1) is 7.65. The Labute approximate surface area is 96.7 Å². The maximum atomic E-state index is 5.91. The lowest BCUT2D eigenvalue weighted by atomic mass is 10.2. The van der Waals surface area contributed by atoms with Gasteiger partial charge >= 0.3 is 0 Å². The van der Waals surface area contributed by atoms with Crippen LogP contribution in [0.5, 0.6) is 5.75 Å². The van der Waals surface area contributed by atoms with Gasteiger partial charge in [-0.3, -0.25) is 0 Å². The number of hydrogen-bond donors (Lipinski definition) is 2. The number of nitrogens with one attached hydrogen (secondary N) is 1. The minimum Gasteiger partial charge on any atom is -0.495 e. The molecular formula is C12H20N2O2. The van der Waals surface area contributed by atoms with E-state index in [-0.39, 0.29) is 6.10 Å². The van der Waals surface area contributed by atoms with Crippen LogP contribution in [0, 0.1) is 0 Å². The minimum absolute atomic E-state index is 0.254. The molecule has 0 aliphatic rings. The van der Waals surface area contributed by atoms with E-state index in [0.29, 0.717) is 18.0 Å². The van der Waals surface area contributed by atoms with Crippen LogP contribution in [-0.4, -0.2) is 26.4 Å². The predicted octanol–water partition coefficient (Wildman–Crippen LogP) is 2.11. The fourth-order valence-corrected chi connectivity index (χ4v) is 1.36. The maximum absolute atomic E-state index is 5.91. The molecule has 0 amide bonds. The molecule has 0 radical (unpaired) electrons. The minimum atomic E-state index is 0.254. The molecule has 0 atom stereocenters. The van der Waals surface area contributed by atoms with Crippen molar-refractivity contribution in [2.45, 2.75) is 20.0 Å². The first-order valence-corrected chi connectivity index (χ1v) is 5.43. The molecule has 4 heteroatoms. The zero-order chi connectivity index (χ0) is 12.0. The van der Waals surface area contributed by atoms with Crippen LogP contribution in [0.1, 0.15) is 13.8 Å². The highest BCUT2D eigenvalue weighted by Gasteiger charge is 2.03. The molecule has 0 saturated heterocycles. The number of benzene rings is 1. The predicted molar refractivity (Wildman–Crippen MR) is 67.0 cm³/mol. The Morgan fingerprint density at radius 2 is 2.12 bits per heavy atom. The molecule has 0 bridgehead atoms. The summed E-state index contributed by atoms with van der Waals surface area (Å²) in [6.07, 6.45) is 0.254. The van der Waals surface area contributed by atoms with Crippen molar-refractivity contribution >= 4 is 11.4 Å². The third-order valence-electron chi connectivity index (χ3n) is 2.15. The summed E-state index contributed by atoms with van der Waals surface area (Å²) < 4.78 is 10.6. The number of rotatable bonds is 6. The first-order valence-electron chi connectivity index (χ1n) is 5.43. The summed E-state index contributed by atoms with van der Waals surface area (Å²) in [4.78, 5) is 0. The average molecular weight is 224 g/mol. The summed E-state index contributed by atoms with van der Waals surface area (Å²) >= 11 is 0. The zero-order valence-electron chi connectivity index (χ0n) is 10.1. The molecule has 1 rings (SSSR count). The quantitative estimate of drug-likeness (QED) is 0.574. The van der Waals surface area contributed by atoms with E-state index in [9.17, 15) is 0 Å². The van der Waals surface area contributed by atoms with E-state index in [4.69, 9.17) is 15.2 Å². The monoisotopic (exact) mass is 224 g/mol. The number of hydrogen-bond acceptors (Lipinski definition) is 4. The largest absolute Gasteiger partial charge is 0.495 e. The summed E-state index contributed by atoms with van der Waals surface area (Å²) in [6.45, 7) is 5.42. The standard InChI is InChI=1S/C12H20N2O2/c1-9(2)16-8-7-14-10-5-4-6-11(15-3)12(10)13/h4-6,9,14H,7-8,13H2,1-3H3. The van der Waals surface area contributed by atoms with Crippen LogP contribution in [0.2, 0.25) is 0 Å². The molecule has 1 aromatic rings. The van der Waals surface area contributed by atoms with Gasteiger partial charge < -0.3 is 20.5 Å². The van der Waals surface area contributed by atoms with Crippen molar-refractivity contribution in [3.8, 4) is 5.75 Å². The lowest BCUT2D eigenvalue weighted by molar-refractivity contribution is 0.0870. The molecule has 0 aliphatic heterocycles. The van der Waals surface area contributed by atoms with Gasteiger partial charge in [-0.1, -0.05) is 6.07 Å². The fourth-order valence-electron chi connectivity index (χ4n) is 1.36. The first kappa shape index (κ1) is 12.6. The van der Waals surface area contributed by atoms with Gasteiger partial charge in [0.2, 0.25) is 0 Å². The van der Waals surface area contributed by atoms with Crippen LogP contribution < -0.4 is 15.8 Å². The van der Waals surface area contributed by atoms with E-state index in [1.165, 1.54) is 0 Å². The van der Waals surface area contributed by atoms with Crippen LogP contribution >= 0.6 is 0 Å². The third-order valence-corrected chi connectivity index (χ3v) is 2.15. The number of ether oxygens (including phenoxy) is 2. The highest BCUT2D eigenvalue weighted by molar-refractivity contribution is 5.72. The molecule has 0 unspecified atom stereocenters. The molecular weight excluding hydrogens is 204 g/mol. The lowest BCUT2D eigenvalue weighted by Crippen LogP contribution is -2.14. The SMILES string of the molecule is COc1cccc(NCCOC(C)C)c1N. The van der Waals surface area contributed by atoms with Gasteiger partial charge in [-0.05, 0) is 26.0 Å². The topological polar surface area (TPSA) is 56.5 Å². The molecule has 0 spiro atoms. The molecule has 4 nitrogen and oxygen atoms in total. The van der Waals surface area contributed by atoms with E-state index in [2.05, 4.69) is 5.32 Å². The van der Waals surface area contributed by atoms with Crippen LogP contribution in [0.4, 0.5) is 11.4 Å². The molecule has 0 aromatic heterocycles. The van der Waals surface area contributed by atoms with Crippen molar-refractivity contribution in [3.63, 3.8) is 0 Å². The molecule has 90 valence electrons. The summed E-state index contributed by atoms with van der Waals surface area (Å²) in [5.41, 5.74) is 7.42. The van der Waals surface area contributed by atoms with Crippen LogP contribution in [0.15, 0.2) is 18.2 Å². The average Bonchev–Trinajstić information content (AvgIpc) is 2.26. The fraction of sp³-hybridized carbons (Fsp3) is 0.500. The molecule has 0 saturated carbocycles. The second-order valence-corrected chi connectivity index (χ2v) is 3.77. The molecule has 1 aromatic carbocycles. The number of methoxy groups -OCH3 is 1. The smallest absolute Gasteiger partial charge is 0.143 e. The Morgan fingerprint density at radius 1 is 1.38 bits per heavy atom. The van der Waals surface area contributed by atoms with E-state index in [1.807, 2.05) is 32.0 Å². The molecule has 0 heterocycles. The van der Waals surface area contributed by atoms with Crippen molar-refractivity contribution < 1.29 is 9.47 Å². The number of nitrogen functional groups attached to an aromatic ring is 1. The maximum Gasteiger partial charge on any atom is 0.143 e. The Bertz CT molecular complexity index is 327. The number of para-hydroxylation sites is 1. The van der Waals surface area contributed by atoms with Gasteiger partial charge in [0.05, 0.1) is 31.2 Å². The van der Waals surface area contributed by atoms with Crippen LogP contribution in [0.25, 0.3) is 0 Å². The molecule has 3 N–H and O–H groups in total. The number of anilines is 2. The second kappa shape index (κ2) is 6.23. The van der Waals surface area contributed by atoms with Gasteiger partial charge in [-0.15, -0.1) is 0 Å². The van der Waals surface area contributed by atoms with Gasteiger partial charge in [0.15, 0.2) is 0 Å². The van der Waals surface area contributed by atoms with Crippen molar-refractivity contribution in [2.24, 2.45) is 0 Å². The molecule has 0 aliphatic carbocycles. The highest BCUT2D eigenvalue weighted by Crippen LogP contribution is 2.28. The van der Waals surface area contributed by atoms with Crippen LogP contribution in [0.3, 0.4) is 0 Å². The molecule has 0 fully saturated rings. The summed E-state index contributed by atoms with van der Waals surface area (Å²) in [7, 11) is 1.61. The Morgan fingerprint density at radius 3 is 2.75 bits per heavy atom. The van der Waals surface area contributed by atoms with Crippen LogP contribution in [-0.2, 0) is 4.74 Å². The van der Waals surface area contributed by atoms with Gasteiger partial charge in [-0.2, -0.15) is 0 Å². The van der Waals surface area contributed by atoms with Crippen molar-refractivity contribution in [1.29, 1.82) is 0 Å². The highest BCUT2D eigenvalue weighted by atomic mass is 16.5. The Hall–Kier alpha value is -1.42. The van der Waals surface area contributed by atoms with E-state index in [0.717, 1.165) is 12.2 Å². The van der Waals surface area contributed by atoms with Gasteiger partial charge in [0.1, 0.15) is 5.75 Å². The Kier molecular flexibility index (Phi) is 4.92. The van der Waals surface area contributed by atoms with Gasteiger partial charge in [0, 0.05) is 6.54 Å².